The summed E-state index contributed by atoms with van der Waals surface area (Å²) in [5.41, 5.74) is 0.566. The standard InChI is InChI=1S/C12H7Cl2FN2O/c13-8-1-2-10(9(14)6-8)17-12(18)7-3-4-16-11(15)5-7/h1-6H,(H,17,18). The number of nitrogens with one attached hydrogen (secondary N) is 1. The minimum absolute atomic E-state index is 0.161. The lowest BCUT2D eigenvalue weighted by Crippen LogP contribution is -2.12. The number of nitrogens with zero attached hydrogens (tertiary/aromatic N) is 1. The van der Waals surface area contributed by atoms with Gasteiger partial charge in [0.2, 0.25) is 5.95 Å². The third-order valence-corrected chi connectivity index (χ3v) is 2.72. The number of pyridine rings is 1. The quantitative estimate of drug-likeness (QED) is 0.853. The number of hydrogen-bond donors (Lipinski definition) is 1. The van der Waals surface area contributed by atoms with Gasteiger partial charge in [-0.1, -0.05) is 23.2 Å². The normalized spacial score (nSPS) is 10.2. The summed E-state index contributed by atoms with van der Waals surface area (Å²) in [6, 6.07) is 7.11. The third-order valence-electron chi connectivity index (χ3n) is 2.17. The lowest BCUT2D eigenvalue weighted by Gasteiger charge is -2.07. The number of amides is 1. The van der Waals surface area contributed by atoms with E-state index in [1.807, 2.05) is 0 Å². The number of hydrogen-bond acceptors (Lipinski definition) is 2. The zero-order valence-corrected chi connectivity index (χ0v) is 10.5. The first-order valence-corrected chi connectivity index (χ1v) is 5.70. The molecule has 0 unspecified atom stereocenters. The van der Waals surface area contributed by atoms with Crippen LogP contribution in [-0.4, -0.2) is 10.9 Å². The van der Waals surface area contributed by atoms with Crippen LogP contribution in [0, 0.1) is 5.95 Å². The molecular formula is C12H7Cl2FN2O. The van der Waals surface area contributed by atoms with Crippen LogP contribution in [0.25, 0.3) is 0 Å². The van der Waals surface area contributed by atoms with Crippen LogP contribution in [0.5, 0.6) is 0 Å². The number of anilines is 1. The molecule has 1 aromatic carbocycles. The van der Waals surface area contributed by atoms with E-state index >= 15 is 0 Å². The highest BCUT2D eigenvalue weighted by molar-refractivity contribution is 6.36. The molecule has 1 amide bonds. The van der Waals surface area contributed by atoms with Crippen LogP contribution in [0.15, 0.2) is 36.5 Å². The van der Waals surface area contributed by atoms with E-state index < -0.39 is 11.9 Å². The van der Waals surface area contributed by atoms with Crippen LogP contribution in [0.2, 0.25) is 10.0 Å². The first-order valence-electron chi connectivity index (χ1n) is 4.94. The Labute approximate surface area is 113 Å². The van der Waals surface area contributed by atoms with Crippen molar-refractivity contribution in [1.29, 1.82) is 0 Å². The number of rotatable bonds is 2. The van der Waals surface area contributed by atoms with Gasteiger partial charge in [-0.25, -0.2) is 4.98 Å². The highest BCUT2D eigenvalue weighted by Gasteiger charge is 2.09. The maximum absolute atomic E-state index is 12.9. The molecule has 3 nitrogen and oxygen atoms in total. The number of halogens is 3. The van der Waals surface area contributed by atoms with E-state index in [-0.39, 0.29) is 5.56 Å². The SMILES string of the molecule is O=C(Nc1ccc(Cl)cc1Cl)c1ccnc(F)c1. The van der Waals surface area contributed by atoms with E-state index in [1.165, 1.54) is 18.3 Å². The molecule has 6 heteroatoms. The molecule has 0 bridgehead atoms. The summed E-state index contributed by atoms with van der Waals surface area (Å²) < 4.78 is 12.9. The van der Waals surface area contributed by atoms with Crippen LogP contribution in [0.1, 0.15) is 10.4 Å². The van der Waals surface area contributed by atoms with E-state index in [4.69, 9.17) is 23.2 Å². The van der Waals surface area contributed by atoms with E-state index in [0.29, 0.717) is 15.7 Å². The molecule has 0 atom stereocenters. The highest BCUT2D eigenvalue weighted by atomic mass is 35.5. The molecule has 2 aromatic rings. The van der Waals surface area contributed by atoms with Crippen molar-refractivity contribution in [3.8, 4) is 0 Å². The molecule has 0 saturated carbocycles. The molecule has 0 aliphatic rings. The van der Waals surface area contributed by atoms with Gasteiger partial charge in [0.25, 0.3) is 5.91 Å². The van der Waals surface area contributed by atoms with Crippen LogP contribution < -0.4 is 5.32 Å². The zero-order valence-electron chi connectivity index (χ0n) is 8.95. The molecule has 0 radical (unpaired) electrons. The van der Waals surface area contributed by atoms with Gasteiger partial charge >= 0.3 is 0 Å². The molecule has 2 rings (SSSR count). The Hall–Kier alpha value is -1.65. The van der Waals surface area contributed by atoms with Gasteiger partial charge in [-0.15, -0.1) is 0 Å². The van der Waals surface area contributed by atoms with E-state index in [1.54, 1.807) is 12.1 Å². The second-order valence-electron chi connectivity index (χ2n) is 3.45. The number of benzene rings is 1. The van der Waals surface area contributed by atoms with E-state index in [9.17, 15) is 9.18 Å². The Kier molecular flexibility index (Phi) is 3.79. The molecule has 0 aliphatic heterocycles. The fourth-order valence-corrected chi connectivity index (χ4v) is 1.78. The van der Waals surface area contributed by atoms with Crippen LogP contribution in [0.4, 0.5) is 10.1 Å². The van der Waals surface area contributed by atoms with Crippen molar-refractivity contribution in [2.45, 2.75) is 0 Å². The van der Waals surface area contributed by atoms with E-state index in [0.717, 1.165) is 6.07 Å². The Bertz CT molecular complexity index is 604. The predicted octanol–water partition coefficient (Wildman–Crippen LogP) is 3.78. The fourth-order valence-electron chi connectivity index (χ4n) is 1.33. The minimum Gasteiger partial charge on any atom is -0.321 e. The molecule has 1 heterocycles. The van der Waals surface area contributed by atoms with Gasteiger partial charge in [-0.3, -0.25) is 4.79 Å². The van der Waals surface area contributed by atoms with Gasteiger partial charge in [0.15, 0.2) is 0 Å². The number of carbonyl (C=O) groups is 1. The molecule has 0 spiro atoms. The molecule has 18 heavy (non-hydrogen) atoms. The Morgan fingerprint density at radius 1 is 1.22 bits per heavy atom. The molecule has 0 aliphatic carbocycles. The molecule has 0 saturated heterocycles. The maximum atomic E-state index is 12.9. The second kappa shape index (κ2) is 5.33. The van der Waals surface area contributed by atoms with Gasteiger partial charge < -0.3 is 5.32 Å². The Morgan fingerprint density at radius 2 is 2.00 bits per heavy atom. The molecule has 1 N–H and O–H groups in total. The summed E-state index contributed by atoms with van der Waals surface area (Å²) in [7, 11) is 0. The smallest absolute Gasteiger partial charge is 0.255 e. The van der Waals surface area contributed by atoms with Crippen LogP contribution in [0.3, 0.4) is 0 Å². The second-order valence-corrected chi connectivity index (χ2v) is 4.29. The predicted molar refractivity (Wildman–Crippen MR) is 68.6 cm³/mol. The maximum Gasteiger partial charge on any atom is 0.255 e. The summed E-state index contributed by atoms with van der Waals surface area (Å²) in [5, 5.41) is 3.33. The fraction of sp³-hybridized carbons (Fsp3) is 0. The van der Waals surface area contributed by atoms with Crippen molar-refractivity contribution in [1.82, 2.24) is 4.98 Å². The van der Waals surface area contributed by atoms with Crippen molar-refractivity contribution in [2.24, 2.45) is 0 Å². The van der Waals surface area contributed by atoms with Crippen molar-refractivity contribution in [2.75, 3.05) is 5.32 Å². The van der Waals surface area contributed by atoms with Crippen LogP contribution >= 0.6 is 23.2 Å². The summed E-state index contributed by atoms with van der Waals surface area (Å²) in [6.07, 6.45) is 1.22. The van der Waals surface area contributed by atoms with Crippen LogP contribution in [-0.2, 0) is 0 Å². The topological polar surface area (TPSA) is 42.0 Å². The van der Waals surface area contributed by atoms with Gasteiger partial charge in [0, 0.05) is 22.8 Å². The minimum atomic E-state index is -0.718. The first kappa shape index (κ1) is 12.8. The first-order chi connectivity index (χ1) is 8.56. The van der Waals surface area contributed by atoms with Crippen molar-refractivity contribution < 1.29 is 9.18 Å². The third kappa shape index (κ3) is 2.97. The summed E-state index contributed by atoms with van der Waals surface area (Å²) >= 11 is 11.6. The lowest BCUT2D eigenvalue weighted by molar-refractivity contribution is 0.102. The molecule has 0 fully saturated rings. The average Bonchev–Trinajstić information content (AvgIpc) is 2.32. The monoisotopic (exact) mass is 284 g/mol. The van der Waals surface area contributed by atoms with Gasteiger partial charge in [-0.05, 0) is 24.3 Å². The summed E-state index contributed by atoms with van der Waals surface area (Å²) in [5.74, 6) is -1.19. The number of aromatic nitrogens is 1. The van der Waals surface area contributed by atoms with Gasteiger partial charge in [0.1, 0.15) is 0 Å². The Balaban J connectivity index is 2.21. The Morgan fingerprint density at radius 3 is 2.67 bits per heavy atom. The average molecular weight is 285 g/mol. The molecule has 92 valence electrons. The van der Waals surface area contributed by atoms with Crippen molar-refractivity contribution in [3.63, 3.8) is 0 Å². The molecular weight excluding hydrogens is 278 g/mol. The highest BCUT2D eigenvalue weighted by Crippen LogP contribution is 2.25. The lowest BCUT2D eigenvalue weighted by atomic mass is 10.2. The summed E-state index contributed by atoms with van der Waals surface area (Å²) in [4.78, 5) is 15.2. The molecule has 1 aromatic heterocycles. The van der Waals surface area contributed by atoms with Crippen molar-refractivity contribution in [3.05, 3.63) is 58.1 Å². The number of carbonyl (C=O) groups excluding carboxylic acids is 1. The largest absolute Gasteiger partial charge is 0.321 e. The van der Waals surface area contributed by atoms with E-state index in [2.05, 4.69) is 10.3 Å². The van der Waals surface area contributed by atoms with Gasteiger partial charge in [-0.2, -0.15) is 4.39 Å². The zero-order chi connectivity index (χ0) is 13.1. The van der Waals surface area contributed by atoms with Crippen molar-refractivity contribution >= 4 is 34.8 Å². The van der Waals surface area contributed by atoms with Gasteiger partial charge in [0.05, 0.1) is 10.7 Å². The summed E-state index contributed by atoms with van der Waals surface area (Å²) in [6.45, 7) is 0.